The number of halogens is 1. The molecule has 0 saturated heterocycles. The van der Waals surface area contributed by atoms with Crippen LogP contribution in [0.4, 0.5) is 4.39 Å². The highest BCUT2D eigenvalue weighted by Gasteiger charge is 2.26. The van der Waals surface area contributed by atoms with Crippen molar-refractivity contribution in [1.29, 1.82) is 0 Å². The summed E-state index contributed by atoms with van der Waals surface area (Å²) in [4.78, 5) is 15.8. The molecule has 0 spiro atoms. The third kappa shape index (κ3) is 5.02. The molecule has 3 aromatic heterocycles. The predicted octanol–water partition coefficient (Wildman–Crippen LogP) is 6.52. The van der Waals surface area contributed by atoms with Gasteiger partial charge >= 0.3 is 0 Å². The smallest absolute Gasteiger partial charge is 0.264 e. The van der Waals surface area contributed by atoms with Crippen molar-refractivity contribution in [2.45, 2.75) is 13.1 Å². The fraction of sp³-hybridized carbons (Fsp3) is 0.111. The molecule has 5 rings (SSSR count). The number of carbonyl (C=O) groups is 1. The van der Waals surface area contributed by atoms with E-state index in [2.05, 4.69) is 0 Å². The number of amides is 1. The molecule has 0 aliphatic heterocycles. The average molecular weight is 488 g/mol. The molecule has 0 fully saturated rings. The number of ether oxygens (including phenoxy) is 1. The lowest BCUT2D eigenvalue weighted by Crippen LogP contribution is -2.29. The molecular formula is C27H22FN3O3S. The Morgan fingerprint density at radius 1 is 1.03 bits per heavy atom. The monoisotopic (exact) mass is 487 g/mol. The van der Waals surface area contributed by atoms with Gasteiger partial charge in [-0.15, -0.1) is 11.3 Å². The van der Waals surface area contributed by atoms with E-state index >= 15 is 0 Å². The fourth-order valence-electron chi connectivity index (χ4n) is 3.80. The van der Waals surface area contributed by atoms with E-state index in [9.17, 15) is 9.18 Å². The quantitative estimate of drug-likeness (QED) is 0.250. The number of aryl methyl sites for hydroxylation is 1. The maximum atomic E-state index is 13.5. The fourth-order valence-corrected chi connectivity index (χ4v) is 4.49. The molecule has 8 heteroatoms. The first-order valence-corrected chi connectivity index (χ1v) is 11.9. The van der Waals surface area contributed by atoms with Gasteiger partial charge in [0.1, 0.15) is 23.0 Å². The molecule has 0 aliphatic carbocycles. The van der Waals surface area contributed by atoms with Crippen LogP contribution in [-0.2, 0) is 20.1 Å². The van der Waals surface area contributed by atoms with Gasteiger partial charge in [0, 0.05) is 12.6 Å². The Morgan fingerprint density at radius 2 is 1.83 bits per heavy atom. The molecule has 35 heavy (non-hydrogen) atoms. The molecule has 0 N–H and O–H groups in total. The topological polar surface area (TPSA) is 60.5 Å². The first kappa shape index (κ1) is 22.6. The molecule has 0 radical (unpaired) electrons. The standard InChI is InChI=1S/C27H22FN3O3S/c1-30-27(34-21-13-11-20(28)12-14-21)23(25(29-30)19-7-3-2-4-8-19)18-31(17-22-9-5-15-33-22)26(32)24-10-6-16-35-24/h2-16H,17-18H2,1H3. The largest absolute Gasteiger partial charge is 0.467 e. The lowest BCUT2D eigenvalue weighted by Gasteiger charge is -2.22. The van der Waals surface area contributed by atoms with Gasteiger partial charge in [0.25, 0.3) is 5.91 Å². The number of furan rings is 1. The molecule has 6 nitrogen and oxygen atoms in total. The zero-order chi connectivity index (χ0) is 24.2. The molecule has 0 aliphatic rings. The molecule has 0 unspecified atom stereocenters. The molecule has 1 amide bonds. The van der Waals surface area contributed by atoms with Crippen molar-refractivity contribution < 1.29 is 18.3 Å². The molecular weight excluding hydrogens is 465 g/mol. The van der Waals surface area contributed by atoms with Crippen molar-refractivity contribution in [2.75, 3.05) is 0 Å². The first-order valence-electron chi connectivity index (χ1n) is 11.0. The predicted molar refractivity (Wildman–Crippen MR) is 132 cm³/mol. The highest BCUT2D eigenvalue weighted by atomic mass is 32.1. The number of nitrogens with zero attached hydrogens (tertiary/aromatic N) is 3. The van der Waals surface area contributed by atoms with E-state index in [1.807, 2.05) is 47.8 Å². The summed E-state index contributed by atoms with van der Waals surface area (Å²) in [6.45, 7) is 0.509. The Kier molecular flexibility index (Phi) is 6.45. The number of rotatable bonds is 8. The summed E-state index contributed by atoms with van der Waals surface area (Å²) in [6, 6.07) is 22.8. The van der Waals surface area contributed by atoms with Gasteiger partial charge in [0.2, 0.25) is 5.88 Å². The molecule has 176 valence electrons. The molecule has 2 aromatic carbocycles. The number of hydrogen-bond acceptors (Lipinski definition) is 5. The number of aromatic nitrogens is 2. The Balaban J connectivity index is 1.57. The zero-order valence-corrected chi connectivity index (χ0v) is 19.7. The summed E-state index contributed by atoms with van der Waals surface area (Å²) in [5.41, 5.74) is 2.33. The Morgan fingerprint density at radius 3 is 2.51 bits per heavy atom. The lowest BCUT2D eigenvalue weighted by molar-refractivity contribution is 0.0722. The van der Waals surface area contributed by atoms with Gasteiger partial charge in [-0.3, -0.25) is 4.79 Å². The summed E-state index contributed by atoms with van der Waals surface area (Å²) in [6.07, 6.45) is 1.59. The van der Waals surface area contributed by atoms with Crippen LogP contribution in [0.5, 0.6) is 11.6 Å². The van der Waals surface area contributed by atoms with Crippen molar-refractivity contribution in [3.05, 3.63) is 113 Å². The second-order valence-corrected chi connectivity index (χ2v) is 8.84. The van der Waals surface area contributed by atoms with Crippen molar-refractivity contribution >= 4 is 17.2 Å². The van der Waals surface area contributed by atoms with Crippen molar-refractivity contribution in [1.82, 2.24) is 14.7 Å². The van der Waals surface area contributed by atoms with Crippen LogP contribution in [0.3, 0.4) is 0 Å². The summed E-state index contributed by atoms with van der Waals surface area (Å²) < 4.78 is 26.8. The van der Waals surface area contributed by atoms with Gasteiger partial charge in [-0.1, -0.05) is 36.4 Å². The second-order valence-electron chi connectivity index (χ2n) is 7.90. The third-order valence-corrected chi connectivity index (χ3v) is 6.32. The molecule has 5 aromatic rings. The minimum Gasteiger partial charge on any atom is -0.467 e. The summed E-state index contributed by atoms with van der Waals surface area (Å²) >= 11 is 1.39. The average Bonchev–Trinajstić information content (AvgIpc) is 3.64. The molecule has 0 bridgehead atoms. The van der Waals surface area contributed by atoms with E-state index in [4.69, 9.17) is 14.3 Å². The van der Waals surface area contributed by atoms with Crippen LogP contribution in [0, 0.1) is 5.82 Å². The number of benzene rings is 2. The van der Waals surface area contributed by atoms with Crippen LogP contribution >= 0.6 is 11.3 Å². The van der Waals surface area contributed by atoms with E-state index in [0.717, 1.165) is 11.1 Å². The minimum absolute atomic E-state index is 0.119. The van der Waals surface area contributed by atoms with Gasteiger partial charge in [0.15, 0.2) is 0 Å². The second kappa shape index (κ2) is 9.99. The lowest BCUT2D eigenvalue weighted by atomic mass is 10.1. The highest BCUT2D eigenvalue weighted by molar-refractivity contribution is 7.12. The number of thiophene rings is 1. The van der Waals surface area contributed by atoms with Crippen LogP contribution in [0.25, 0.3) is 11.3 Å². The van der Waals surface area contributed by atoms with Gasteiger partial charge in [0.05, 0.1) is 29.8 Å². The Labute approximate surface area is 205 Å². The van der Waals surface area contributed by atoms with Crippen molar-refractivity contribution in [3.63, 3.8) is 0 Å². The molecule has 3 heterocycles. The van der Waals surface area contributed by atoms with E-state index in [1.54, 1.807) is 47.2 Å². The minimum atomic E-state index is -0.348. The van der Waals surface area contributed by atoms with E-state index in [-0.39, 0.29) is 24.8 Å². The summed E-state index contributed by atoms with van der Waals surface area (Å²) in [5, 5.41) is 6.60. The van der Waals surface area contributed by atoms with E-state index in [1.165, 1.54) is 23.5 Å². The van der Waals surface area contributed by atoms with Crippen LogP contribution in [0.1, 0.15) is 21.0 Å². The van der Waals surface area contributed by atoms with Gasteiger partial charge in [-0.2, -0.15) is 5.10 Å². The number of hydrogen-bond donors (Lipinski definition) is 0. The van der Waals surface area contributed by atoms with Gasteiger partial charge in [-0.05, 0) is 47.8 Å². The maximum absolute atomic E-state index is 13.5. The third-order valence-electron chi connectivity index (χ3n) is 5.46. The highest BCUT2D eigenvalue weighted by Crippen LogP contribution is 2.35. The molecule has 0 atom stereocenters. The van der Waals surface area contributed by atoms with E-state index < -0.39 is 0 Å². The summed E-state index contributed by atoms with van der Waals surface area (Å²) in [7, 11) is 1.78. The SMILES string of the molecule is Cn1nc(-c2ccccc2)c(CN(Cc2ccco2)C(=O)c2cccs2)c1Oc1ccc(F)cc1. The number of carbonyl (C=O) groups excluding carboxylic acids is 1. The van der Waals surface area contributed by atoms with Crippen LogP contribution in [0.15, 0.2) is 94.9 Å². The van der Waals surface area contributed by atoms with Gasteiger partial charge < -0.3 is 14.1 Å². The first-order chi connectivity index (χ1) is 17.1. The maximum Gasteiger partial charge on any atom is 0.264 e. The van der Waals surface area contributed by atoms with Crippen LogP contribution in [-0.4, -0.2) is 20.6 Å². The normalized spacial score (nSPS) is 10.9. The molecule has 0 saturated carbocycles. The van der Waals surface area contributed by atoms with E-state index in [0.29, 0.717) is 28.0 Å². The van der Waals surface area contributed by atoms with Crippen molar-refractivity contribution in [3.8, 4) is 22.9 Å². The summed E-state index contributed by atoms with van der Waals surface area (Å²) in [5.74, 6) is 1.14. The van der Waals surface area contributed by atoms with Gasteiger partial charge in [-0.25, -0.2) is 9.07 Å². The van der Waals surface area contributed by atoms with Crippen LogP contribution < -0.4 is 4.74 Å². The Hall–Kier alpha value is -4.17. The van der Waals surface area contributed by atoms with Crippen LogP contribution in [0.2, 0.25) is 0 Å². The van der Waals surface area contributed by atoms with Crippen molar-refractivity contribution in [2.24, 2.45) is 7.05 Å². The zero-order valence-electron chi connectivity index (χ0n) is 18.9. The Bertz CT molecular complexity index is 1400.